The van der Waals surface area contributed by atoms with Crippen LogP contribution in [-0.4, -0.2) is 10.9 Å². The average Bonchev–Trinajstić information content (AvgIpc) is 3.47. The molecule has 5 heteroatoms. The highest BCUT2D eigenvalue weighted by Crippen LogP contribution is 2.49. The summed E-state index contributed by atoms with van der Waals surface area (Å²) in [7, 11) is 0. The molecule has 4 rings (SSSR count). The molecule has 1 heterocycles. The van der Waals surface area contributed by atoms with Crippen molar-refractivity contribution in [3.05, 3.63) is 83.1 Å². The Morgan fingerprint density at radius 3 is 2.56 bits per heavy atom. The van der Waals surface area contributed by atoms with E-state index in [0.29, 0.717) is 10.8 Å². The largest absolute Gasteiger partial charge is 0.455 e. The van der Waals surface area contributed by atoms with Gasteiger partial charge in [0.25, 0.3) is 0 Å². The van der Waals surface area contributed by atoms with Gasteiger partial charge in [0, 0.05) is 16.9 Å². The molecule has 1 aliphatic carbocycles. The molecule has 0 unspecified atom stereocenters. The Labute approximate surface area is 163 Å². The van der Waals surface area contributed by atoms with Crippen LogP contribution in [0.4, 0.5) is 5.69 Å². The lowest BCUT2D eigenvalue weighted by Crippen LogP contribution is -2.27. The van der Waals surface area contributed by atoms with Crippen LogP contribution in [-0.2, 0) is 10.2 Å². The zero-order chi connectivity index (χ0) is 18.9. The molecular formula is C22H19ClN2O2. The normalized spacial score (nSPS) is 14.4. The molecule has 2 aromatic carbocycles. The average molecular weight is 379 g/mol. The van der Waals surface area contributed by atoms with Gasteiger partial charge in [-0.2, -0.15) is 0 Å². The third-order valence-corrected chi connectivity index (χ3v) is 5.13. The van der Waals surface area contributed by atoms with E-state index in [-0.39, 0.29) is 5.91 Å². The third kappa shape index (κ3) is 3.67. The number of hydrogen-bond acceptors (Lipinski definition) is 3. The lowest BCUT2D eigenvalue weighted by molar-refractivity contribution is -0.118. The van der Waals surface area contributed by atoms with Gasteiger partial charge in [-0.3, -0.25) is 9.78 Å². The Bertz CT molecular complexity index is 967. The van der Waals surface area contributed by atoms with E-state index in [9.17, 15) is 4.79 Å². The second-order valence-corrected chi connectivity index (χ2v) is 7.25. The lowest BCUT2D eigenvalue weighted by Gasteiger charge is -2.17. The van der Waals surface area contributed by atoms with Crippen LogP contribution in [0.5, 0.6) is 11.5 Å². The summed E-state index contributed by atoms with van der Waals surface area (Å²) in [5, 5.41) is 3.73. The maximum Gasteiger partial charge on any atom is 0.235 e. The van der Waals surface area contributed by atoms with Gasteiger partial charge in [0.2, 0.25) is 5.91 Å². The molecule has 0 spiro atoms. The highest BCUT2D eigenvalue weighted by Gasteiger charge is 2.51. The van der Waals surface area contributed by atoms with Crippen molar-refractivity contribution in [1.82, 2.24) is 4.98 Å². The molecule has 4 nitrogen and oxygen atoms in total. The Hall–Kier alpha value is -2.85. The standard InChI is InChI=1S/C22H19ClN2O2/c1-15-13-18(8-9-20(15)27-19-3-2-12-24-14-19)25-21(26)22(10-11-22)16-4-6-17(23)7-5-16/h2-9,12-14H,10-11H2,1H3,(H,25,26). The molecule has 3 aromatic rings. The molecule has 1 amide bonds. The number of pyridine rings is 1. The van der Waals surface area contributed by atoms with Crippen molar-refractivity contribution in [2.75, 3.05) is 5.32 Å². The third-order valence-electron chi connectivity index (χ3n) is 4.88. The Balaban J connectivity index is 1.49. The molecule has 0 aliphatic heterocycles. The second-order valence-electron chi connectivity index (χ2n) is 6.81. The SMILES string of the molecule is Cc1cc(NC(=O)C2(c3ccc(Cl)cc3)CC2)ccc1Oc1cccnc1. The highest BCUT2D eigenvalue weighted by molar-refractivity contribution is 6.30. The first-order chi connectivity index (χ1) is 13.1. The van der Waals surface area contributed by atoms with Crippen LogP contribution in [0.25, 0.3) is 0 Å². The Morgan fingerprint density at radius 1 is 1.15 bits per heavy atom. The molecule has 136 valence electrons. The maximum atomic E-state index is 12.9. The summed E-state index contributed by atoms with van der Waals surface area (Å²) >= 11 is 5.97. The minimum atomic E-state index is -0.441. The monoisotopic (exact) mass is 378 g/mol. The van der Waals surface area contributed by atoms with E-state index in [1.165, 1.54) is 0 Å². The highest BCUT2D eigenvalue weighted by atomic mass is 35.5. The zero-order valence-corrected chi connectivity index (χ0v) is 15.7. The summed E-state index contributed by atoms with van der Waals surface area (Å²) in [5.41, 5.74) is 2.27. The van der Waals surface area contributed by atoms with Gasteiger partial charge in [-0.25, -0.2) is 0 Å². The van der Waals surface area contributed by atoms with Crippen molar-refractivity contribution in [2.45, 2.75) is 25.2 Å². The molecule has 1 saturated carbocycles. The predicted molar refractivity (Wildman–Crippen MR) is 106 cm³/mol. The van der Waals surface area contributed by atoms with E-state index < -0.39 is 5.41 Å². The zero-order valence-electron chi connectivity index (χ0n) is 14.9. The number of nitrogens with zero attached hydrogens (tertiary/aromatic N) is 1. The van der Waals surface area contributed by atoms with E-state index >= 15 is 0 Å². The number of aromatic nitrogens is 1. The molecule has 1 aromatic heterocycles. The number of amides is 1. The van der Waals surface area contributed by atoms with E-state index in [4.69, 9.17) is 16.3 Å². The lowest BCUT2D eigenvalue weighted by atomic mass is 9.95. The van der Waals surface area contributed by atoms with Gasteiger partial charge >= 0.3 is 0 Å². The van der Waals surface area contributed by atoms with E-state index in [1.807, 2.05) is 61.5 Å². The van der Waals surface area contributed by atoms with Gasteiger partial charge in [0.15, 0.2) is 0 Å². The number of halogens is 1. The van der Waals surface area contributed by atoms with Crippen molar-refractivity contribution in [2.24, 2.45) is 0 Å². The smallest absolute Gasteiger partial charge is 0.235 e. The summed E-state index contributed by atoms with van der Waals surface area (Å²) < 4.78 is 5.84. The van der Waals surface area contributed by atoms with E-state index in [2.05, 4.69) is 10.3 Å². The number of ether oxygens (including phenoxy) is 1. The molecule has 1 N–H and O–H groups in total. The molecule has 27 heavy (non-hydrogen) atoms. The number of hydrogen-bond donors (Lipinski definition) is 1. The minimum absolute atomic E-state index is 0.0187. The predicted octanol–water partition coefficient (Wildman–Crippen LogP) is 5.51. The number of benzene rings is 2. The van der Waals surface area contributed by atoms with E-state index in [0.717, 1.165) is 35.4 Å². The summed E-state index contributed by atoms with van der Waals surface area (Å²) in [5.74, 6) is 1.43. The first-order valence-corrected chi connectivity index (χ1v) is 9.21. The second kappa shape index (κ2) is 7.05. The fourth-order valence-electron chi connectivity index (χ4n) is 3.17. The van der Waals surface area contributed by atoms with Gasteiger partial charge in [0.1, 0.15) is 11.5 Å². The minimum Gasteiger partial charge on any atom is -0.455 e. The first kappa shape index (κ1) is 17.6. The van der Waals surface area contributed by atoms with Crippen molar-refractivity contribution >= 4 is 23.2 Å². The summed E-state index contributed by atoms with van der Waals surface area (Å²) in [6.07, 6.45) is 5.06. The Kier molecular flexibility index (Phi) is 4.58. The van der Waals surface area contributed by atoms with E-state index in [1.54, 1.807) is 12.4 Å². The molecular weight excluding hydrogens is 360 g/mol. The quantitative estimate of drug-likeness (QED) is 0.637. The number of nitrogens with one attached hydrogen (secondary N) is 1. The molecule has 0 saturated heterocycles. The molecule has 1 fully saturated rings. The number of aryl methyl sites for hydroxylation is 1. The van der Waals surface area contributed by atoms with Crippen LogP contribution < -0.4 is 10.1 Å². The molecule has 0 radical (unpaired) electrons. The maximum absolute atomic E-state index is 12.9. The van der Waals surface area contributed by atoms with Gasteiger partial charge in [0.05, 0.1) is 11.6 Å². The fourth-order valence-corrected chi connectivity index (χ4v) is 3.29. The Morgan fingerprint density at radius 2 is 1.93 bits per heavy atom. The van der Waals surface area contributed by atoms with Crippen molar-refractivity contribution < 1.29 is 9.53 Å². The van der Waals surface area contributed by atoms with Crippen molar-refractivity contribution in [3.63, 3.8) is 0 Å². The molecule has 1 aliphatic rings. The number of carbonyl (C=O) groups is 1. The van der Waals surface area contributed by atoms with Crippen molar-refractivity contribution in [1.29, 1.82) is 0 Å². The van der Waals surface area contributed by atoms with Gasteiger partial charge in [-0.1, -0.05) is 23.7 Å². The fraction of sp³-hybridized carbons (Fsp3) is 0.182. The first-order valence-electron chi connectivity index (χ1n) is 8.83. The topological polar surface area (TPSA) is 51.2 Å². The number of anilines is 1. The molecule has 0 bridgehead atoms. The van der Waals surface area contributed by atoms with Crippen LogP contribution in [0, 0.1) is 6.92 Å². The molecule has 0 atom stereocenters. The summed E-state index contributed by atoms with van der Waals surface area (Å²) in [4.78, 5) is 16.9. The summed E-state index contributed by atoms with van der Waals surface area (Å²) in [6, 6.07) is 16.8. The van der Waals surface area contributed by atoms with Crippen LogP contribution >= 0.6 is 11.6 Å². The van der Waals surface area contributed by atoms with Crippen molar-refractivity contribution in [3.8, 4) is 11.5 Å². The van der Waals surface area contributed by atoms with Gasteiger partial charge < -0.3 is 10.1 Å². The van der Waals surface area contributed by atoms with Crippen LogP contribution in [0.3, 0.4) is 0 Å². The van der Waals surface area contributed by atoms with Gasteiger partial charge in [-0.05, 0) is 73.4 Å². The number of rotatable bonds is 5. The number of carbonyl (C=O) groups excluding carboxylic acids is 1. The summed E-state index contributed by atoms with van der Waals surface area (Å²) in [6.45, 7) is 1.95. The van der Waals surface area contributed by atoms with Crippen LogP contribution in [0.2, 0.25) is 5.02 Å². The van der Waals surface area contributed by atoms with Crippen LogP contribution in [0.15, 0.2) is 67.0 Å². The van der Waals surface area contributed by atoms with Crippen LogP contribution in [0.1, 0.15) is 24.0 Å². The van der Waals surface area contributed by atoms with Gasteiger partial charge in [-0.15, -0.1) is 0 Å².